The summed E-state index contributed by atoms with van der Waals surface area (Å²) in [5.74, 6) is 0. The average molecular weight is 250 g/mol. The van der Waals surface area contributed by atoms with Gasteiger partial charge in [-0.2, -0.15) is 13.2 Å². The Bertz CT molecular complexity index is 242. The topological polar surface area (TPSA) is 6.48 Å². The van der Waals surface area contributed by atoms with Crippen molar-refractivity contribution in [1.82, 2.24) is 9.80 Å². The van der Waals surface area contributed by atoms with Gasteiger partial charge >= 0.3 is 6.18 Å². The first-order valence-electron chi connectivity index (χ1n) is 6.58. The molecule has 2 rings (SSSR count). The predicted octanol–water partition coefficient (Wildman–Crippen LogP) is 2.50. The van der Waals surface area contributed by atoms with Crippen LogP contribution in [-0.2, 0) is 0 Å². The number of rotatable bonds is 3. The highest BCUT2D eigenvalue weighted by molar-refractivity contribution is 4.84. The molecule has 0 amide bonds. The average Bonchev–Trinajstić information content (AvgIpc) is 2.27. The van der Waals surface area contributed by atoms with Gasteiger partial charge in [0, 0.05) is 32.1 Å². The van der Waals surface area contributed by atoms with Crippen LogP contribution >= 0.6 is 0 Å². The molecular weight excluding hydrogens is 229 g/mol. The molecule has 0 aliphatic carbocycles. The molecule has 1 atom stereocenters. The third-order valence-electron chi connectivity index (χ3n) is 3.86. The summed E-state index contributed by atoms with van der Waals surface area (Å²) in [7, 11) is 0. The lowest BCUT2D eigenvalue weighted by Gasteiger charge is -2.44. The minimum atomic E-state index is -3.99. The lowest BCUT2D eigenvalue weighted by molar-refractivity contribution is -0.136. The number of hydrogen-bond acceptors (Lipinski definition) is 2. The number of halogens is 3. The van der Waals surface area contributed by atoms with Crippen LogP contribution in [0.3, 0.4) is 0 Å². The van der Waals surface area contributed by atoms with E-state index in [0.29, 0.717) is 12.6 Å². The Kier molecular flexibility index (Phi) is 4.31. The van der Waals surface area contributed by atoms with Crippen molar-refractivity contribution in [3.8, 4) is 0 Å². The van der Waals surface area contributed by atoms with Gasteiger partial charge in [0.1, 0.15) is 0 Å². The van der Waals surface area contributed by atoms with Crippen LogP contribution in [0.5, 0.6) is 0 Å². The zero-order chi connectivity index (χ0) is 12.3. The third kappa shape index (κ3) is 4.14. The van der Waals surface area contributed by atoms with Crippen molar-refractivity contribution >= 4 is 0 Å². The maximum atomic E-state index is 12.1. The smallest absolute Gasteiger partial charge is 0.301 e. The molecule has 2 aliphatic rings. The van der Waals surface area contributed by atoms with E-state index in [4.69, 9.17) is 0 Å². The van der Waals surface area contributed by atoms with E-state index in [1.165, 1.54) is 25.8 Å². The van der Waals surface area contributed by atoms with E-state index >= 15 is 0 Å². The van der Waals surface area contributed by atoms with Crippen molar-refractivity contribution < 1.29 is 13.2 Å². The first-order valence-corrected chi connectivity index (χ1v) is 6.58. The fourth-order valence-corrected chi connectivity index (χ4v) is 2.93. The summed E-state index contributed by atoms with van der Waals surface area (Å²) in [6, 6.07) is 0.600. The Hall–Kier alpha value is -0.290. The van der Waals surface area contributed by atoms with Crippen molar-refractivity contribution in [2.45, 2.75) is 44.3 Å². The molecule has 0 radical (unpaired) electrons. The van der Waals surface area contributed by atoms with E-state index in [0.717, 1.165) is 19.6 Å². The number of piperazine rings is 1. The van der Waals surface area contributed by atoms with Crippen LogP contribution in [0.15, 0.2) is 0 Å². The molecule has 5 heteroatoms. The van der Waals surface area contributed by atoms with Gasteiger partial charge in [0.2, 0.25) is 0 Å². The van der Waals surface area contributed by atoms with E-state index in [2.05, 4.69) is 9.80 Å². The van der Waals surface area contributed by atoms with Crippen LogP contribution in [0.2, 0.25) is 0 Å². The zero-order valence-electron chi connectivity index (χ0n) is 10.2. The molecule has 0 N–H and O–H groups in total. The molecule has 2 saturated heterocycles. The lowest BCUT2D eigenvalue weighted by atomic mass is 9.99. The molecule has 0 spiro atoms. The van der Waals surface area contributed by atoms with Crippen LogP contribution in [0, 0.1) is 0 Å². The first-order chi connectivity index (χ1) is 8.04. The van der Waals surface area contributed by atoms with Gasteiger partial charge in [-0.25, -0.2) is 0 Å². The molecule has 0 aromatic heterocycles. The standard InChI is InChI=1S/C12H21F3N2/c13-12(14,15)5-3-6-16-8-9-17-7-2-1-4-11(17)10-16/h11H,1-10H2. The van der Waals surface area contributed by atoms with E-state index in [1.54, 1.807) is 0 Å². The molecule has 100 valence electrons. The highest BCUT2D eigenvalue weighted by Crippen LogP contribution is 2.23. The summed E-state index contributed by atoms with van der Waals surface area (Å²) in [5, 5.41) is 0. The van der Waals surface area contributed by atoms with Gasteiger partial charge in [-0.15, -0.1) is 0 Å². The van der Waals surface area contributed by atoms with E-state index in [-0.39, 0.29) is 6.42 Å². The number of hydrogen-bond donors (Lipinski definition) is 0. The second kappa shape index (κ2) is 5.57. The van der Waals surface area contributed by atoms with E-state index < -0.39 is 12.6 Å². The second-order valence-corrected chi connectivity index (χ2v) is 5.20. The fraction of sp³-hybridized carbons (Fsp3) is 1.00. The third-order valence-corrected chi connectivity index (χ3v) is 3.86. The molecule has 0 saturated carbocycles. The Balaban J connectivity index is 1.69. The fourth-order valence-electron chi connectivity index (χ4n) is 2.93. The van der Waals surface area contributed by atoms with E-state index in [9.17, 15) is 13.2 Å². The van der Waals surface area contributed by atoms with Crippen molar-refractivity contribution in [3.63, 3.8) is 0 Å². The van der Waals surface area contributed by atoms with Crippen LogP contribution in [0.25, 0.3) is 0 Å². The van der Waals surface area contributed by atoms with Crippen LogP contribution in [0.1, 0.15) is 32.1 Å². The zero-order valence-corrected chi connectivity index (χ0v) is 10.2. The maximum Gasteiger partial charge on any atom is 0.389 e. The van der Waals surface area contributed by atoms with Crippen molar-refractivity contribution in [1.29, 1.82) is 0 Å². The highest BCUT2D eigenvalue weighted by atomic mass is 19.4. The minimum absolute atomic E-state index is 0.246. The largest absolute Gasteiger partial charge is 0.389 e. The Morgan fingerprint density at radius 3 is 2.65 bits per heavy atom. The molecule has 2 fully saturated rings. The summed E-state index contributed by atoms with van der Waals surface area (Å²) in [6.45, 7) is 4.73. The van der Waals surface area contributed by atoms with Gasteiger partial charge in [0.15, 0.2) is 0 Å². The molecule has 2 aliphatic heterocycles. The molecule has 2 heterocycles. The summed E-state index contributed by atoms with van der Waals surface area (Å²) in [6.07, 6.45) is -0.612. The minimum Gasteiger partial charge on any atom is -0.301 e. The van der Waals surface area contributed by atoms with Crippen LogP contribution < -0.4 is 0 Å². The number of fused-ring (bicyclic) bond motifs is 1. The molecule has 17 heavy (non-hydrogen) atoms. The van der Waals surface area contributed by atoms with Crippen molar-refractivity contribution in [2.75, 3.05) is 32.7 Å². The molecule has 2 nitrogen and oxygen atoms in total. The maximum absolute atomic E-state index is 12.1. The number of piperidine rings is 1. The lowest BCUT2D eigenvalue weighted by Crippen LogP contribution is -2.54. The van der Waals surface area contributed by atoms with Gasteiger partial charge in [-0.1, -0.05) is 6.42 Å². The summed E-state index contributed by atoms with van der Waals surface area (Å²) in [4.78, 5) is 4.71. The highest BCUT2D eigenvalue weighted by Gasteiger charge is 2.30. The van der Waals surface area contributed by atoms with Crippen molar-refractivity contribution in [3.05, 3.63) is 0 Å². The molecule has 1 unspecified atom stereocenters. The Labute approximate surface area is 101 Å². The first kappa shape index (κ1) is 13.1. The van der Waals surface area contributed by atoms with Gasteiger partial charge in [0.25, 0.3) is 0 Å². The van der Waals surface area contributed by atoms with Gasteiger partial charge < -0.3 is 4.90 Å². The van der Waals surface area contributed by atoms with Gasteiger partial charge in [-0.3, -0.25) is 4.90 Å². The van der Waals surface area contributed by atoms with Crippen molar-refractivity contribution in [2.24, 2.45) is 0 Å². The number of alkyl halides is 3. The number of nitrogens with zero attached hydrogens (tertiary/aromatic N) is 2. The summed E-state index contributed by atoms with van der Waals surface area (Å²) < 4.78 is 36.2. The van der Waals surface area contributed by atoms with E-state index in [1.807, 2.05) is 0 Å². The normalized spacial score (nSPS) is 28.1. The monoisotopic (exact) mass is 250 g/mol. The Morgan fingerprint density at radius 1 is 1.06 bits per heavy atom. The predicted molar refractivity (Wildman–Crippen MR) is 60.9 cm³/mol. The quantitative estimate of drug-likeness (QED) is 0.759. The second-order valence-electron chi connectivity index (χ2n) is 5.20. The Morgan fingerprint density at radius 2 is 1.88 bits per heavy atom. The molecular formula is C12H21F3N2. The van der Waals surface area contributed by atoms with Crippen LogP contribution in [-0.4, -0.2) is 54.7 Å². The SMILES string of the molecule is FC(F)(F)CCCN1CCN2CCCCC2C1. The molecule has 0 bridgehead atoms. The van der Waals surface area contributed by atoms with Gasteiger partial charge in [0.05, 0.1) is 0 Å². The summed E-state index contributed by atoms with van der Waals surface area (Å²) >= 11 is 0. The van der Waals surface area contributed by atoms with Crippen LogP contribution in [0.4, 0.5) is 13.2 Å². The van der Waals surface area contributed by atoms with Gasteiger partial charge in [-0.05, 0) is 32.4 Å². The molecule has 0 aromatic rings. The summed E-state index contributed by atoms with van der Waals surface area (Å²) in [5.41, 5.74) is 0. The molecule has 0 aromatic carbocycles.